The molecule has 1 aromatic rings. The third-order valence-corrected chi connectivity index (χ3v) is 5.68. The van der Waals surface area contributed by atoms with Gasteiger partial charge in [0.05, 0.1) is 10.7 Å². The number of hydrogen-bond acceptors (Lipinski definition) is 4. The van der Waals surface area contributed by atoms with Crippen LogP contribution < -0.4 is 16.0 Å². The summed E-state index contributed by atoms with van der Waals surface area (Å²) >= 11 is 1.60. The molecule has 1 aliphatic heterocycles. The molecule has 2 aliphatic rings. The summed E-state index contributed by atoms with van der Waals surface area (Å²) in [6.45, 7) is 7.25. The number of amides is 1. The van der Waals surface area contributed by atoms with Crippen molar-refractivity contribution >= 4 is 27.9 Å². The van der Waals surface area contributed by atoms with E-state index in [-0.39, 0.29) is 5.91 Å². The normalized spacial score (nSPS) is 21.8. The smallest absolute Gasteiger partial charge is 0.263 e. The molecule has 0 spiro atoms. The van der Waals surface area contributed by atoms with Crippen LogP contribution >= 0.6 is 11.3 Å². The van der Waals surface area contributed by atoms with Crippen LogP contribution in [0.2, 0.25) is 0 Å². The fourth-order valence-electron chi connectivity index (χ4n) is 3.05. The van der Waals surface area contributed by atoms with Gasteiger partial charge in [0.15, 0.2) is 0 Å². The highest BCUT2D eigenvalue weighted by Gasteiger charge is 2.35. The van der Waals surface area contributed by atoms with Crippen LogP contribution in [0.1, 0.15) is 60.7 Å². The van der Waals surface area contributed by atoms with E-state index in [9.17, 15) is 4.79 Å². The van der Waals surface area contributed by atoms with Gasteiger partial charge >= 0.3 is 0 Å². The maximum absolute atomic E-state index is 12.3. The summed E-state index contributed by atoms with van der Waals surface area (Å²) in [5.41, 5.74) is 8.34. The number of nitrogens with one attached hydrogen (secondary N) is 1. The molecule has 116 valence electrons. The van der Waals surface area contributed by atoms with Crippen molar-refractivity contribution in [3.05, 3.63) is 10.4 Å². The summed E-state index contributed by atoms with van der Waals surface area (Å²) in [6.07, 6.45) is 4.61. The Balaban J connectivity index is 1.90. The third-order valence-electron chi connectivity index (χ3n) is 4.40. The summed E-state index contributed by atoms with van der Waals surface area (Å²) in [6, 6.07) is 0. The summed E-state index contributed by atoms with van der Waals surface area (Å²) in [7, 11) is 0. The average Bonchev–Trinajstić information content (AvgIpc) is 3.11. The number of thiophene rings is 1. The molecule has 1 aliphatic carbocycles. The van der Waals surface area contributed by atoms with E-state index in [1.165, 1.54) is 29.8 Å². The monoisotopic (exact) mass is 307 g/mol. The van der Waals surface area contributed by atoms with Gasteiger partial charge in [0.1, 0.15) is 4.88 Å². The van der Waals surface area contributed by atoms with Crippen LogP contribution in [0.4, 0.5) is 10.7 Å². The van der Waals surface area contributed by atoms with Gasteiger partial charge in [-0.25, -0.2) is 0 Å². The van der Waals surface area contributed by atoms with Crippen LogP contribution in [-0.2, 0) is 0 Å². The largest absolute Gasteiger partial charge is 0.397 e. The van der Waals surface area contributed by atoms with Crippen LogP contribution in [-0.4, -0.2) is 25.5 Å². The number of nitrogens with zero attached hydrogens (tertiary/aromatic N) is 1. The minimum Gasteiger partial charge on any atom is -0.397 e. The number of carbonyl (C=O) groups is 1. The third kappa shape index (κ3) is 2.89. The van der Waals surface area contributed by atoms with E-state index in [4.69, 9.17) is 5.73 Å². The van der Waals surface area contributed by atoms with E-state index in [0.717, 1.165) is 36.0 Å². The average molecular weight is 307 g/mol. The van der Waals surface area contributed by atoms with Crippen molar-refractivity contribution in [3.8, 4) is 0 Å². The van der Waals surface area contributed by atoms with E-state index in [0.29, 0.717) is 12.5 Å². The number of rotatable bonds is 5. The van der Waals surface area contributed by atoms with Crippen LogP contribution in [0.5, 0.6) is 0 Å². The van der Waals surface area contributed by atoms with Crippen LogP contribution in [0.3, 0.4) is 0 Å². The Morgan fingerprint density at radius 1 is 1.43 bits per heavy atom. The molecule has 0 bridgehead atoms. The lowest BCUT2D eigenvalue weighted by Crippen LogP contribution is -2.23. The molecule has 1 saturated carbocycles. The van der Waals surface area contributed by atoms with Crippen molar-refractivity contribution in [1.29, 1.82) is 0 Å². The van der Waals surface area contributed by atoms with Crippen molar-refractivity contribution in [2.75, 3.05) is 30.3 Å². The number of anilines is 2. The van der Waals surface area contributed by atoms with Crippen molar-refractivity contribution in [2.45, 2.75) is 45.4 Å². The summed E-state index contributed by atoms with van der Waals surface area (Å²) < 4.78 is 0. The molecular weight excluding hydrogens is 282 g/mol. The van der Waals surface area contributed by atoms with Crippen molar-refractivity contribution in [2.24, 2.45) is 5.92 Å². The second kappa shape index (κ2) is 5.87. The Labute approximate surface area is 130 Å². The molecule has 1 aromatic heterocycles. The Morgan fingerprint density at radius 3 is 2.76 bits per heavy atom. The minimum atomic E-state index is -0.000236. The van der Waals surface area contributed by atoms with Gasteiger partial charge in [-0.1, -0.05) is 13.8 Å². The number of nitrogens with two attached hydrogens (primary N) is 1. The molecule has 3 N–H and O–H groups in total. The Bertz CT molecular complexity index is 536. The number of nitrogen functional groups attached to an aromatic ring is 1. The van der Waals surface area contributed by atoms with Gasteiger partial charge < -0.3 is 16.0 Å². The Morgan fingerprint density at radius 2 is 2.19 bits per heavy atom. The lowest BCUT2D eigenvalue weighted by Gasteiger charge is -2.18. The highest BCUT2D eigenvalue weighted by Crippen LogP contribution is 2.52. The van der Waals surface area contributed by atoms with Crippen molar-refractivity contribution in [3.63, 3.8) is 0 Å². The molecule has 1 amide bonds. The standard InChI is InChI=1S/C16H25N3OS/c1-3-7-18-15(20)14-13(17)12(11-4-5-11)16(21-14)19-8-6-10(2)9-19/h10-11H,3-9,17H2,1-2H3,(H,18,20). The number of hydrogen-bond donors (Lipinski definition) is 2. The maximum Gasteiger partial charge on any atom is 0.263 e. The van der Waals surface area contributed by atoms with Crippen LogP contribution in [0.25, 0.3) is 0 Å². The molecule has 2 heterocycles. The molecule has 4 nitrogen and oxygen atoms in total. The first kappa shape index (κ1) is 14.7. The highest BCUT2D eigenvalue weighted by atomic mass is 32.1. The zero-order chi connectivity index (χ0) is 15.0. The second-order valence-corrected chi connectivity index (χ2v) is 7.43. The molecule has 1 unspecified atom stereocenters. The second-order valence-electron chi connectivity index (χ2n) is 6.43. The fourth-order valence-corrected chi connectivity index (χ4v) is 4.31. The van der Waals surface area contributed by atoms with E-state index >= 15 is 0 Å². The first-order valence-electron chi connectivity index (χ1n) is 8.07. The molecule has 3 rings (SSSR count). The first-order chi connectivity index (χ1) is 10.1. The van der Waals surface area contributed by atoms with Crippen molar-refractivity contribution < 1.29 is 4.79 Å². The van der Waals surface area contributed by atoms with Gasteiger partial charge in [-0.15, -0.1) is 11.3 Å². The van der Waals surface area contributed by atoms with Crippen molar-refractivity contribution in [1.82, 2.24) is 5.32 Å². The quantitative estimate of drug-likeness (QED) is 0.878. The lowest BCUT2D eigenvalue weighted by atomic mass is 10.1. The van der Waals surface area contributed by atoms with E-state index in [1.807, 2.05) is 0 Å². The van der Waals surface area contributed by atoms with Gasteiger partial charge in [0.2, 0.25) is 0 Å². The summed E-state index contributed by atoms with van der Waals surface area (Å²) in [5, 5.41) is 4.23. The summed E-state index contributed by atoms with van der Waals surface area (Å²) in [5.74, 6) is 1.32. The SMILES string of the molecule is CCCNC(=O)c1sc(N2CCC(C)C2)c(C2CC2)c1N. The molecular formula is C16H25N3OS. The predicted octanol–water partition coefficient (Wildman–Crippen LogP) is 3.19. The predicted molar refractivity (Wildman–Crippen MR) is 89.3 cm³/mol. The van der Waals surface area contributed by atoms with Gasteiger partial charge in [0.25, 0.3) is 5.91 Å². The Kier molecular flexibility index (Phi) is 4.11. The molecule has 21 heavy (non-hydrogen) atoms. The minimum absolute atomic E-state index is 0.000236. The van der Waals surface area contributed by atoms with Gasteiger partial charge in [-0.3, -0.25) is 4.79 Å². The van der Waals surface area contributed by atoms with Gasteiger partial charge in [0, 0.05) is 25.2 Å². The highest BCUT2D eigenvalue weighted by molar-refractivity contribution is 7.18. The van der Waals surface area contributed by atoms with Crippen LogP contribution in [0, 0.1) is 5.92 Å². The van der Waals surface area contributed by atoms with Gasteiger partial charge in [-0.05, 0) is 37.5 Å². The fraction of sp³-hybridized carbons (Fsp3) is 0.688. The molecule has 5 heteroatoms. The topological polar surface area (TPSA) is 58.4 Å². The molecule has 2 fully saturated rings. The maximum atomic E-state index is 12.3. The molecule has 0 radical (unpaired) electrons. The zero-order valence-corrected chi connectivity index (χ0v) is 13.8. The number of carbonyl (C=O) groups excluding carboxylic acids is 1. The van der Waals surface area contributed by atoms with E-state index in [2.05, 4.69) is 24.1 Å². The molecule has 0 aromatic carbocycles. The van der Waals surface area contributed by atoms with E-state index < -0.39 is 0 Å². The molecule has 1 atom stereocenters. The zero-order valence-electron chi connectivity index (χ0n) is 12.9. The summed E-state index contributed by atoms with van der Waals surface area (Å²) in [4.78, 5) is 15.5. The Hall–Kier alpha value is -1.23. The van der Waals surface area contributed by atoms with Gasteiger partial charge in [-0.2, -0.15) is 0 Å². The van der Waals surface area contributed by atoms with Crippen LogP contribution in [0.15, 0.2) is 0 Å². The van der Waals surface area contributed by atoms with E-state index in [1.54, 1.807) is 11.3 Å². The first-order valence-corrected chi connectivity index (χ1v) is 8.88. The molecule has 1 saturated heterocycles. The lowest BCUT2D eigenvalue weighted by molar-refractivity contribution is 0.0958.